The number of benzene rings is 2. The van der Waals surface area contributed by atoms with Crippen LogP contribution in [0.2, 0.25) is 0 Å². The van der Waals surface area contributed by atoms with Gasteiger partial charge in [0, 0.05) is 17.6 Å². The summed E-state index contributed by atoms with van der Waals surface area (Å²) >= 11 is 4.84. The van der Waals surface area contributed by atoms with E-state index in [1.807, 2.05) is 42.5 Å². The average molecular weight is 376 g/mol. The molecule has 1 N–H and O–H groups in total. The lowest BCUT2D eigenvalue weighted by Gasteiger charge is -2.17. The van der Waals surface area contributed by atoms with E-state index in [1.54, 1.807) is 13.2 Å². The largest absolute Gasteiger partial charge is 0.372 e. The zero-order chi connectivity index (χ0) is 15.5. The Hall–Kier alpha value is -1.69. The molecule has 0 fully saturated rings. The zero-order valence-electron chi connectivity index (χ0n) is 11.9. The molecule has 3 rings (SSSR count). The van der Waals surface area contributed by atoms with Gasteiger partial charge in [-0.1, -0.05) is 63.9 Å². The monoisotopic (exact) mass is 375 g/mol. The number of ether oxygens (including phenoxy) is 1. The Labute approximate surface area is 140 Å². The molecule has 1 aromatic heterocycles. The van der Waals surface area contributed by atoms with E-state index in [1.165, 1.54) is 11.5 Å². The number of halogens is 1. The van der Waals surface area contributed by atoms with E-state index in [2.05, 4.69) is 26.4 Å². The Balaban J connectivity index is 1.92. The summed E-state index contributed by atoms with van der Waals surface area (Å²) in [6, 6.07) is 17.8. The number of aromatic nitrogens is 1. The third-order valence-corrected chi connectivity index (χ3v) is 4.78. The predicted molar refractivity (Wildman–Crippen MR) is 93.4 cm³/mol. The van der Waals surface area contributed by atoms with E-state index in [0.717, 1.165) is 26.0 Å². The molecule has 0 aliphatic heterocycles. The molecule has 0 aliphatic carbocycles. The van der Waals surface area contributed by atoms with Crippen LogP contribution in [0.5, 0.6) is 0 Å². The van der Waals surface area contributed by atoms with Gasteiger partial charge in [-0.05, 0) is 28.8 Å². The van der Waals surface area contributed by atoms with E-state index in [-0.39, 0.29) is 11.7 Å². The van der Waals surface area contributed by atoms with E-state index >= 15 is 0 Å². The van der Waals surface area contributed by atoms with Gasteiger partial charge in [0.2, 0.25) is 0 Å². The third-order valence-electron chi connectivity index (χ3n) is 3.41. The number of aromatic amines is 1. The van der Waals surface area contributed by atoms with E-state index in [9.17, 15) is 4.79 Å². The van der Waals surface area contributed by atoms with Gasteiger partial charge in [-0.15, -0.1) is 0 Å². The molecule has 3 nitrogen and oxygen atoms in total. The molecule has 2 aromatic carbocycles. The molecular formula is C17H14BrNO2S. The first kappa shape index (κ1) is 15.2. The molecule has 0 radical (unpaired) electrons. The second-order valence-electron chi connectivity index (χ2n) is 4.87. The summed E-state index contributed by atoms with van der Waals surface area (Å²) in [4.78, 5) is 12.2. The second kappa shape index (κ2) is 6.60. The summed E-state index contributed by atoms with van der Waals surface area (Å²) in [7, 11) is 1.71. The van der Waals surface area contributed by atoms with Crippen LogP contribution in [0, 0.1) is 0 Å². The Kier molecular flexibility index (Phi) is 4.57. The van der Waals surface area contributed by atoms with Gasteiger partial charge in [0.25, 0.3) is 5.56 Å². The zero-order valence-corrected chi connectivity index (χ0v) is 14.3. The first-order valence-corrected chi connectivity index (χ1v) is 8.35. The van der Waals surface area contributed by atoms with Gasteiger partial charge in [-0.2, -0.15) is 0 Å². The van der Waals surface area contributed by atoms with Crippen molar-refractivity contribution in [2.24, 2.45) is 0 Å². The maximum Gasteiger partial charge on any atom is 0.258 e. The molecule has 22 heavy (non-hydrogen) atoms. The number of hydrogen-bond donors (Lipinski definition) is 1. The van der Waals surface area contributed by atoms with Crippen LogP contribution in [0.25, 0.3) is 10.4 Å². The van der Waals surface area contributed by atoms with Crippen LogP contribution in [-0.4, -0.2) is 11.5 Å². The van der Waals surface area contributed by atoms with Crippen molar-refractivity contribution in [3.8, 4) is 10.4 Å². The van der Waals surface area contributed by atoms with Crippen molar-refractivity contribution in [3.63, 3.8) is 0 Å². The molecule has 0 saturated heterocycles. The smallest absolute Gasteiger partial charge is 0.258 e. The minimum Gasteiger partial charge on any atom is -0.372 e. The fourth-order valence-corrected chi connectivity index (χ4v) is 3.49. The fourth-order valence-electron chi connectivity index (χ4n) is 2.38. The molecule has 1 unspecified atom stereocenters. The van der Waals surface area contributed by atoms with Crippen LogP contribution in [0.4, 0.5) is 0 Å². The highest BCUT2D eigenvalue weighted by Gasteiger charge is 2.14. The normalized spacial score (nSPS) is 12.3. The summed E-state index contributed by atoms with van der Waals surface area (Å²) in [5.41, 5.74) is 3.13. The van der Waals surface area contributed by atoms with E-state index in [4.69, 9.17) is 4.74 Å². The summed E-state index contributed by atoms with van der Waals surface area (Å²) in [6.45, 7) is 0. The minimum absolute atomic E-state index is 0.0621. The summed E-state index contributed by atoms with van der Waals surface area (Å²) in [5.74, 6) is 0. The molecule has 112 valence electrons. The van der Waals surface area contributed by atoms with Crippen molar-refractivity contribution in [2.45, 2.75) is 6.10 Å². The van der Waals surface area contributed by atoms with Gasteiger partial charge >= 0.3 is 0 Å². The molecule has 0 saturated carbocycles. The van der Waals surface area contributed by atoms with E-state index in [0.29, 0.717) is 0 Å². The first-order chi connectivity index (χ1) is 10.7. The van der Waals surface area contributed by atoms with Crippen molar-refractivity contribution in [3.05, 3.63) is 80.6 Å². The highest BCUT2D eigenvalue weighted by molar-refractivity contribution is 9.10. The van der Waals surface area contributed by atoms with Crippen molar-refractivity contribution in [2.75, 3.05) is 7.11 Å². The summed E-state index contributed by atoms with van der Waals surface area (Å²) in [5, 5.41) is 0. The standard InChI is InChI=1S/C17H14BrNO2S/c1-21-17(13-3-2-4-14(18)9-13)12-7-5-11(6-8-12)15-10-16(20)19-22-15/h2-10,17H,1H3,(H,19,20). The predicted octanol–water partition coefficient (Wildman–Crippen LogP) is 4.60. The Morgan fingerprint density at radius 2 is 1.86 bits per heavy atom. The number of rotatable bonds is 4. The fraction of sp³-hybridized carbons (Fsp3) is 0.118. The van der Waals surface area contributed by atoms with Gasteiger partial charge in [0.05, 0.1) is 4.88 Å². The lowest BCUT2D eigenvalue weighted by molar-refractivity contribution is 0.136. The van der Waals surface area contributed by atoms with Crippen molar-refractivity contribution in [1.29, 1.82) is 0 Å². The van der Waals surface area contributed by atoms with Gasteiger partial charge in [0.1, 0.15) is 6.10 Å². The lowest BCUT2D eigenvalue weighted by atomic mass is 10.00. The highest BCUT2D eigenvalue weighted by Crippen LogP contribution is 2.29. The number of H-pyrrole nitrogens is 1. The number of hydrogen-bond acceptors (Lipinski definition) is 3. The maximum absolute atomic E-state index is 11.2. The maximum atomic E-state index is 11.2. The van der Waals surface area contributed by atoms with Crippen molar-refractivity contribution < 1.29 is 4.74 Å². The van der Waals surface area contributed by atoms with Crippen LogP contribution in [0.3, 0.4) is 0 Å². The molecule has 0 amide bonds. The molecule has 0 bridgehead atoms. The minimum atomic E-state index is -0.114. The number of methoxy groups -OCH3 is 1. The molecule has 1 heterocycles. The van der Waals surface area contributed by atoms with Gasteiger partial charge in [-0.25, -0.2) is 0 Å². The van der Waals surface area contributed by atoms with Crippen LogP contribution in [-0.2, 0) is 4.74 Å². The van der Waals surface area contributed by atoms with Crippen molar-refractivity contribution in [1.82, 2.24) is 4.37 Å². The molecule has 0 spiro atoms. The van der Waals surface area contributed by atoms with Crippen molar-refractivity contribution >= 4 is 27.5 Å². The van der Waals surface area contributed by atoms with Gasteiger partial charge < -0.3 is 4.74 Å². The van der Waals surface area contributed by atoms with Crippen LogP contribution in [0.1, 0.15) is 17.2 Å². The SMILES string of the molecule is COC(c1ccc(-c2cc(=O)[nH]s2)cc1)c1cccc(Br)c1. The van der Waals surface area contributed by atoms with Crippen LogP contribution < -0.4 is 5.56 Å². The van der Waals surface area contributed by atoms with Crippen LogP contribution in [0.15, 0.2) is 63.9 Å². The van der Waals surface area contributed by atoms with Crippen LogP contribution >= 0.6 is 27.5 Å². The lowest BCUT2D eigenvalue weighted by Crippen LogP contribution is -2.03. The van der Waals surface area contributed by atoms with Gasteiger partial charge in [-0.3, -0.25) is 9.17 Å². The Morgan fingerprint density at radius 3 is 2.45 bits per heavy atom. The number of nitrogens with one attached hydrogen (secondary N) is 1. The Morgan fingerprint density at radius 1 is 1.09 bits per heavy atom. The molecule has 3 aromatic rings. The first-order valence-electron chi connectivity index (χ1n) is 6.74. The molecule has 1 atom stereocenters. The second-order valence-corrected chi connectivity index (χ2v) is 6.63. The Bertz CT molecular complexity index is 823. The topological polar surface area (TPSA) is 42.1 Å². The highest BCUT2D eigenvalue weighted by atomic mass is 79.9. The van der Waals surface area contributed by atoms with E-state index < -0.39 is 0 Å². The molecule has 5 heteroatoms. The molecular weight excluding hydrogens is 362 g/mol. The summed E-state index contributed by atoms with van der Waals surface area (Å²) in [6.07, 6.45) is -0.114. The quantitative estimate of drug-likeness (QED) is 0.723. The third kappa shape index (κ3) is 3.21. The average Bonchev–Trinajstić information content (AvgIpc) is 2.95. The summed E-state index contributed by atoms with van der Waals surface area (Å²) < 4.78 is 9.39. The molecule has 0 aliphatic rings. The van der Waals surface area contributed by atoms with Gasteiger partial charge in [0.15, 0.2) is 0 Å².